The topological polar surface area (TPSA) is 44.8 Å². The summed E-state index contributed by atoms with van der Waals surface area (Å²) in [7, 11) is 0. The van der Waals surface area contributed by atoms with Gasteiger partial charge in [-0.3, -0.25) is 9.69 Å². The van der Waals surface area contributed by atoms with Gasteiger partial charge >= 0.3 is 0 Å². The molecule has 104 valence electrons. The molecule has 1 amide bonds. The molecular formula is C13H25N3O2. The van der Waals surface area contributed by atoms with Crippen molar-refractivity contribution >= 4 is 5.91 Å². The van der Waals surface area contributed by atoms with Gasteiger partial charge in [-0.05, 0) is 20.8 Å². The number of carbonyl (C=O) groups is 1. The second kappa shape index (κ2) is 5.99. The average Bonchev–Trinajstić information content (AvgIpc) is 2.41. The highest BCUT2D eigenvalue weighted by Gasteiger charge is 2.32. The van der Waals surface area contributed by atoms with E-state index in [4.69, 9.17) is 4.74 Å². The first-order chi connectivity index (χ1) is 8.59. The van der Waals surface area contributed by atoms with Crippen molar-refractivity contribution in [1.82, 2.24) is 15.1 Å². The van der Waals surface area contributed by atoms with Crippen molar-refractivity contribution < 1.29 is 9.53 Å². The van der Waals surface area contributed by atoms with Crippen molar-refractivity contribution in [1.29, 1.82) is 0 Å². The fourth-order valence-corrected chi connectivity index (χ4v) is 2.68. The van der Waals surface area contributed by atoms with Gasteiger partial charge in [0.2, 0.25) is 5.91 Å². The number of nitrogens with one attached hydrogen (secondary N) is 1. The summed E-state index contributed by atoms with van der Waals surface area (Å²) < 4.78 is 5.58. The third-order valence-corrected chi connectivity index (χ3v) is 3.95. The van der Waals surface area contributed by atoms with Crippen LogP contribution in [0.5, 0.6) is 0 Å². The molecule has 0 saturated carbocycles. The van der Waals surface area contributed by atoms with E-state index in [-0.39, 0.29) is 24.1 Å². The Balaban J connectivity index is 1.95. The van der Waals surface area contributed by atoms with Crippen molar-refractivity contribution in [2.45, 2.75) is 39.0 Å². The summed E-state index contributed by atoms with van der Waals surface area (Å²) in [6.45, 7) is 11.4. The van der Waals surface area contributed by atoms with Crippen molar-refractivity contribution in [3.05, 3.63) is 0 Å². The number of hydrogen-bond acceptors (Lipinski definition) is 4. The summed E-state index contributed by atoms with van der Waals surface area (Å²) in [4.78, 5) is 16.8. The molecule has 2 saturated heterocycles. The van der Waals surface area contributed by atoms with Gasteiger partial charge in [0.05, 0.1) is 24.8 Å². The summed E-state index contributed by atoms with van der Waals surface area (Å²) in [5.74, 6) is 0.250. The van der Waals surface area contributed by atoms with E-state index in [2.05, 4.69) is 17.1 Å². The lowest BCUT2D eigenvalue weighted by molar-refractivity contribution is -0.148. The molecule has 2 aliphatic rings. The SMILES string of the molecule is CC1CN(C(=O)C(C)N2CCNCC2)C(C)CO1. The molecule has 0 aliphatic carbocycles. The van der Waals surface area contributed by atoms with E-state index in [0.717, 1.165) is 32.7 Å². The first-order valence-electron chi connectivity index (χ1n) is 6.96. The fraction of sp³-hybridized carbons (Fsp3) is 0.923. The maximum atomic E-state index is 12.6. The van der Waals surface area contributed by atoms with Crippen LogP contribution < -0.4 is 5.32 Å². The maximum absolute atomic E-state index is 12.6. The normalized spacial score (nSPS) is 32.3. The van der Waals surface area contributed by atoms with Crippen LogP contribution in [0.1, 0.15) is 20.8 Å². The van der Waals surface area contributed by atoms with Gasteiger partial charge in [-0.2, -0.15) is 0 Å². The van der Waals surface area contributed by atoms with E-state index in [9.17, 15) is 4.79 Å². The molecule has 5 heteroatoms. The van der Waals surface area contributed by atoms with Crippen LogP contribution >= 0.6 is 0 Å². The number of piperazine rings is 1. The second-order valence-corrected chi connectivity index (χ2v) is 5.45. The first kappa shape index (κ1) is 13.8. The Morgan fingerprint density at radius 2 is 2.00 bits per heavy atom. The lowest BCUT2D eigenvalue weighted by Crippen LogP contribution is -2.58. The van der Waals surface area contributed by atoms with Crippen LogP contribution in [0.4, 0.5) is 0 Å². The lowest BCUT2D eigenvalue weighted by atomic mass is 10.1. The third-order valence-electron chi connectivity index (χ3n) is 3.95. The van der Waals surface area contributed by atoms with E-state index in [0.29, 0.717) is 6.61 Å². The van der Waals surface area contributed by atoms with Gasteiger partial charge in [0.25, 0.3) is 0 Å². The van der Waals surface area contributed by atoms with Gasteiger partial charge in [-0.15, -0.1) is 0 Å². The molecule has 0 aromatic rings. The number of morpholine rings is 1. The summed E-state index contributed by atoms with van der Waals surface area (Å²) in [5.41, 5.74) is 0. The van der Waals surface area contributed by atoms with Crippen LogP contribution in [-0.4, -0.2) is 73.2 Å². The molecule has 18 heavy (non-hydrogen) atoms. The molecule has 2 aliphatic heterocycles. The molecule has 3 atom stereocenters. The first-order valence-corrected chi connectivity index (χ1v) is 6.96. The highest BCUT2D eigenvalue weighted by molar-refractivity contribution is 5.82. The zero-order chi connectivity index (χ0) is 13.1. The van der Waals surface area contributed by atoms with Gasteiger partial charge in [-0.25, -0.2) is 0 Å². The van der Waals surface area contributed by atoms with Crippen molar-refractivity contribution in [2.75, 3.05) is 39.3 Å². The van der Waals surface area contributed by atoms with E-state index in [1.165, 1.54) is 0 Å². The summed E-state index contributed by atoms with van der Waals surface area (Å²) in [6.07, 6.45) is 0.153. The predicted molar refractivity (Wildman–Crippen MR) is 70.5 cm³/mol. The van der Waals surface area contributed by atoms with Crippen molar-refractivity contribution in [3.8, 4) is 0 Å². The number of rotatable bonds is 2. The average molecular weight is 255 g/mol. The Labute approximate surface area is 109 Å². The van der Waals surface area contributed by atoms with Gasteiger partial charge in [0.1, 0.15) is 0 Å². The molecule has 2 rings (SSSR count). The quantitative estimate of drug-likeness (QED) is 0.749. The van der Waals surface area contributed by atoms with Crippen molar-refractivity contribution in [3.63, 3.8) is 0 Å². The zero-order valence-electron chi connectivity index (χ0n) is 11.7. The maximum Gasteiger partial charge on any atom is 0.240 e. The Kier molecular flexibility index (Phi) is 4.59. The van der Waals surface area contributed by atoms with Gasteiger partial charge < -0.3 is 15.0 Å². The minimum Gasteiger partial charge on any atom is -0.375 e. The highest BCUT2D eigenvalue weighted by Crippen LogP contribution is 2.15. The molecular weight excluding hydrogens is 230 g/mol. The predicted octanol–water partition coefficient (Wildman–Crippen LogP) is -0.0841. The number of amides is 1. The summed E-state index contributed by atoms with van der Waals surface area (Å²) >= 11 is 0. The van der Waals surface area contributed by atoms with Crippen LogP contribution in [0.2, 0.25) is 0 Å². The highest BCUT2D eigenvalue weighted by atomic mass is 16.5. The van der Waals surface area contributed by atoms with Gasteiger partial charge in [0.15, 0.2) is 0 Å². The Morgan fingerprint density at radius 1 is 1.33 bits per heavy atom. The number of ether oxygens (including phenoxy) is 1. The third kappa shape index (κ3) is 3.02. The smallest absolute Gasteiger partial charge is 0.240 e. The second-order valence-electron chi connectivity index (χ2n) is 5.45. The molecule has 0 aromatic heterocycles. The van der Waals surface area contributed by atoms with Crippen molar-refractivity contribution in [2.24, 2.45) is 0 Å². The fourth-order valence-electron chi connectivity index (χ4n) is 2.68. The Morgan fingerprint density at radius 3 is 2.67 bits per heavy atom. The number of carbonyl (C=O) groups excluding carboxylic acids is 1. The molecule has 0 bridgehead atoms. The van der Waals surface area contributed by atoms with E-state index in [1.807, 2.05) is 18.7 Å². The molecule has 0 spiro atoms. The standard InChI is InChI=1S/C13H25N3O2/c1-10-9-18-11(2)8-16(10)13(17)12(3)15-6-4-14-5-7-15/h10-12,14H,4-9H2,1-3H3. The summed E-state index contributed by atoms with van der Waals surface area (Å²) in [5, 5.41) is 3.32. The Bertz CT molecular complexity index is 292. The molecule has 5 nitrogen and oxygen atoms in total. The van der Waals surface area contributed by atoms with Crippen LogP contribution in [0.15, 0.2) is 0 Å². The number of hydrogen-bond donors (Lipinski definition) is 1. The van der Waals surface area contributed by atoms with Crippen LogP contribution in [0, 0.1) is 0 Å². The van der Waals surface area contributed by atoms with Crippen LogP contribution in [0.25, 0.3) is 0 Å². The van der Waals surface area contributed by atoms with E-state index < -0.39 is 0 Å². The minimum atomic E-state index is -0.0140. The van der Waals surface area contributed by atoms with Crippen LogP contribution in [0.3, 0.4) is 0 Å². The minimum absolute atomic E-state index is 0.0140. The number of nitrogens with zero attached hydrogens (tertiary/aromatic N) is 2. The molecule has 2 fully saturated rings. The zero-order valence-corrected chi connectivity index (χ0v) is 11.7. The molecule has 3 unspecified atom stereocenters. The molecule has 1 N–H and O–H groups in total. The van der Waals surface area contributed by atoms with E-state index in [1.54, 1.807) is 0 Å². The van der Waals surface area contributed by atoms with Crippen LogP contribution in [-0.2, 0) is 9.53 Å². The largest absolute Gasteiger partial charge is 0.375 e. The monoisotopic (exact) mass is 255 g/mol. The molecule has 0 radical (unpaired) electrons. The van der Waals surface area contributed by atoms with Gasteiger partial charge in [-0.1, -0.05) is 0 Å². The Hall–Kier alpha value is -0.650. The summed E-state index contributed by atoms with van der Waals surface area (Å²) in [6, 6.07) is 0.180. The van der Waals surface area contributed by atoms with Gasteiger partial charge in [0, 0.05) is 32.7 Å². The van der Waals surface area contributed by atoms with E-state index >= 15 is 0 Å². The lowest BCUT2D eigenvalue weighted by Gasteiger charge is -2.41. The molecule has 0 aromatic carbocycles. The molecule has 2 heterocycles.